The number of allylic oxidation sites excluding steroid dienone is 1. The van der Waals surface area contributed by atoms with Crippen molar-refractivity contribution < 1.29 is 53.4 Å². The van der Waals surface area contributed by atoms with Crippen molar-refractivity contribution in [2.45, 2.75) is 63.3 Å². The van der Waals surface area contributed by atoms with Crippen LogP contribution in [0.2, 0.25) is 0 Å². The topological polar surface area (TPSA) is 166 Å². The number of aliphatic hydroxyl groups is 3. The zero-order chi connectivity index (χ0) is 25.0. The molecular weight excluding hydrogens is 452 g/mol. The van der Waals surface area contributed by atoms with E-state index in [-0.39, 0.29) is 13.0 Å². The molecule has 11 nitrogen and oxygen atoms in total. The maximum Gasteiger partial charge on any atom is 0.348 e. The van der Waals surface area contributed by atoms with Gasteiger partial charge in [0.25, 0.3) is 0 Å². The number of aliphatic hydroxyl groups excluding tert-OH is 3. The Kier molecular flexibility index (Phi) is 4.88. The number of hydrogen-bond acceptors (Lipinski definition) is 11. The minimum absolute atomic E-state index is 0.179. The first-order valence-electron chi connectivity index (χ1n) is 11.2. The van der Waals surface area contributed by atoms with E-state index >= 15 is 0 Å². The molecule has 34 heavy (non-hydrogen) atoms. The maximum absolute atomic E-state index is 13.1. The molecular formula is C23H28O11. The fourth-order valence-corrected chi connectivity index (χ4v) is 7.99. The third-order valence-electron chi connectivity index (χ3n) is 9.12. The van der Waals surface area contributed by atoms with Crippen molar-refractivity contribution >= 4 is 23.7 Å². The van der Waals surface area contributed by atoms with E-state index in [1.807, 2.05) is 0 Å². The van der Waals surface area contributed by atoms with E-state index in [1.165, 1.54) is 6.08 Å². The summed E-state index contributed by atoms with van der Waals surface area (Å²) < 4.78 is 22.0. The van der Waals surface area contributed by atoms with Crippen molar-refractivity contribution in [1.82, 2.24) is 0 Å². The van der Waals surface area contributed by atoms with Gasteiger partial charge in [0.15, 0.2) is 5.78 Å². The Bertz CT molecular complexity index is 1020. The maximum atomic E-state index is 13.1. The highest BCUT2D eigenvalue weighted by atomic mass is 16.6. The molecule has 3 aliphatic carbocycles. The Morgan fingerprint density at radius 2 is 1.85 bits per heavy atom. The van der Waals surface area contributed by atoms with E-state index in [0.29, 0.717) is 5.57 Å². The van der Waals surface area contributed by atoms with Crippen molar-refractivity contribution in [3.05, 3.63) is 11.6 Å². The number of hydrogen-bond donors (Lipinski definition) is 3. The Balaban J connectivity index is 1.80. The van der Waals surface area contributed by atoms with Crippen LogP contribution in [0.1, 0.15) is 27.2 Å². The summed E-state index contributed by atoms with van der Waals surface area (Å²) in [6.45, 7) is 4.21. The van der Waals surface area contributed by atoms with Crippen molar-refractivity contribution in [3.8, 4) is 0 Å². The van der Waals surface area contributed by atoms with Crippen LogP contribution in [0.15, 0.2) is 11.6 Å². The lowest BCUT2D eigenvalue weighted by atomic mass is 9.38. The van der Waals surface area contributed by atoms with E-state index in [2.05, 4.69) is 0 Å². The van der Waals surface area contributed by atoms with E-state index in [0.717, 1.165) is 14.0 Å². The number of rotatable bonds is 2. The highest BCUT2D eigenvalue weighted by molar-refractivity contribution is 5.96. The van der Waals surface area contributed by atoms with Crippen molar-refractivity contribution in [2.24, 2.45) is 28.6 Å². The van der Waals surface area contributed by atoms with Gasteiger partial charge in [0.05, 0.1) is 25.7 Å². The second-order valence-electron chi connectivity index (χ2n) is 10.4. The average Bonchev–Trinajstić information content (AvgIpc) is 3.08. The standard InChI is InChI=1S/C23H28O11/c1-8-5-11(25)17(27)21(3)10(8)6-12-22-7-32-23(20(30)31-4,18(28)13(26)15(21)22)16(22)14(19(29)34-12)33-9(2)24/h5,10,12-18,26-28H,6-7H2,1-4H3/t10-,12-,13-,14-,15-,16-,17-,18+,21+,22-,23-/m1/s1. The zero-order valence-corrected chi connectivity index (χ0v) is 19.2. The molecule has 5 aliphatic rings. The smallest absolute Gasteiger partial charge is 0.348 e. The fraction of sp³-hybridized carbons (Fsp3) is 0.739. The molecule has 1 spiro atoms. The number of carbonyl (C=O) groups is 4. The minimum atomic E-state index is -2.22. The van der Waals surface area contributed by atoms with Crippen LogP contribution in [0.3, 0.4) is 0 Å². The molecule has 0 aromatic carbocycles. The lowest BCUT2D eigenvalue weighted by molar-refractivity contribution is -0.298. The molecule has 5 rings (SSSR count). The number of fused-ring (bicyclic) bond motifs is 2. The summed E-state index contributed by atoms with van der Waals surface area (Å²) >= 11 is 0. The van der Waals surface area contributed by atoms with Gasteiger partial charge in [-0.3, -0.25) is 9.59 Å². The van der Waals surface area contributed by atoms with Gasteiger partial charge in [-0.15, -0.1) is 0 Å². The third kappa shape index (κ3) is 2.40. The predicted octanol–water partition coefficient (Wildman–Crippen LogP) is -1.34. The molecule has 2 aliphatic heterocycles. The van der Waals surface area contributed by atoms with Crippen LogP contribution in [-0.4, -0.2) is 88.8 Å². The van der Waals surface area contributed by atoms with Gasteiger partial charge >= 0.3 is 17.9 Å². The van der Waals surface area contributed by atoms with Gasteiger partial charge in [-0.1, -0.05) is 12.5 Å². The number of methoxy groups -OCH3 is 1. The Hall–Kier alpha value is -2.34. The quantitative estimate of drug-likeness (QED) is 0.316. The summed E-state index contributed by atoms with van der Waals surface area (Å²) in [6.07, 6.45) is -6.10. The molecule has 2 heterocycles. The molecule has 3 N–H and O–H groups in total. The molecule has 2 bridgehead atoms. The number of ketones is 1. The van der Waals surface area contributed by atoms with E-state index in [1.54, 1.807) is 13.8 Å². The molecule has 0 unspecified atom stereocenters. The molecule has 2 saturated carbocycles. The summed E-state index contributed by atoms with van der Waals surface area (Å²) in [7, 11) is 1.08. The number of esters is 3. The van der Waals surface area contributed by atoms with Gasteiger partial charge in [-0.25, -0.2) is 9.59 Å². The van der Waals surface area contributed by atoms with Crippen molar-refractivity contribution in [2.75, 3.05) is 13.7 Å². The first-order chi connectivity index (χ1) is 15.9. The van der Waals surface area contributed by atoms with Gasteiger partial charge in [0.1, 0.15) is 18.3 Å². The van der Waals surface area contributed by atoms with Gasteiger partial charge in [-0.05, 0) is 25.3 Å². The zero-order valence-electron chi connectivity index (χ0n) is 19.2. The normalized spacial score (nSPS) is 51.0. The second kappa shape index (κ2) is 7.09. The summed E-state index contributed by atoms with van der Waals surface area (Å²) in [4.78, 5) is 50.9. The molecule has 11 heteroatoms. The summed E-state index contributed by atoms with van der Waals surface area (Å²) in [5.41, 5.74) is -4.23. The highest BCUT2D eigenvalue weighted by Crippen LogP contribution is 2.72. The van der Waals surface area contributed by atoms with Gasteiger partial charge in [-0.2, -0.15) is 0 Å². The largest absolute Gasteiger partial charge is 0.467 e. The van der Waals surface area contributed by atoms with Crippen LogP contribution in [-0.2, 0) is 38.1 Å². The van der Waals surface area contributed by atoms with Gasteiger partial charge < -0.3 is 34.3 Å². The molecule has 11 atom stereocenters. The van der Waals surface area contributed by atoms with Crippen LogP contribution in [0.5, 0.6) is 0 Å². The monoisotopic (exact) mass is 480 g/mol. The molecule has 0 amide bonds. The van der Waals surface area contributed by atoms with Crippen molar-refractivity contribution in [1.29, 1.82) is 0 Å². The average molecular weight is 480 g/mol. The lowest BCUT2D eigenvalue weighted by Crippen LogP contribution is -2.80. The lowest BCUT2D eigenvalue weighted by Gasteiger charge is -2.67. The van der Waals surface area contributed by atoms with Crippen LogP contribution in [0.25, 0.3) is 0 Å². The molecule has 2 saturated heterocycles. The first-order valence-corrected chi connectivity index (χ1v) is 11.2. The number of ether oxygens (including phenoxy) is 4. The Labute approximate surface area is 195 Å². The van der Waals surface area contributed by atoms with E-state index < -0.39 is 88.4 Å². The predicted molar refractivity (Wildman–Crippen MR) is 109 cm³/mol. The summed E-state index contributed by atoms with van der Waals surface area (Å²) in [5, 5.41) is 34.0. The van der Waals surface area contributed by atoms with Gasteiger partial charge in [0.2, 0.25) is 11.7 Å². The van der Waals surface area contributed by atoms with Crippen molar-refractivity contribution in [3.63, 3.8) is 0 Å². The highest BCUT2D eigenvalue weighted by Gasteiger charge is 2.85. The van der Waals surface area contributed by atoms with Crippen LogP contribution in [0, 0.1) is 28.6 Å². The van der Waals surface area contributed by atoms with Crippen LogP contribution in [0.4, 0.5) is 0 Å². The molecule has 186 valence electrons. The summed E-state index contributed by atoms with van der Waals surface area (Å²) in [6, 6.07) is 0. The third-order valence-corrected chi connectivity index (χ3v) is 9.12. The molecule has 4 fully saturated rings. The van der Waals surface area contributed by atoms with E-state index in [4.69, 9.17) is 18.9 Å². The summed E-state index contributed by atoms with van der Waals surface area (Å²) in [5.74, 6) is -6.12. The molecule has 0 aromatic rings. The van der Waals surface area contributed by atoms with Crippen LogP contribution >= 0.6 is 0 Å². The molecule has 0 aromatic heterocycles. The Morgan fingerprint density at radius 1 is 1.18 bits per heavy atom. The molecule has 0 radical (unpaired) electrons. The fourth-order valence-electron chi connectivity index (χ4n) is 7.99. The minimum Gasteiger partial charge on any atom is -0.467 e. The van der Waals surface area contributed by atoms with Crippen LogP contribution < -0.4 is 0 Å². The first kappa shape index (κ1) is 23.4. The second-order valence-corrected chi connectivity index (χ2v) is 10.4. The van der Waals surface area contributed by atoms with E-state index in [9.17, 15) is 34.5 Å². The Morgan fingerprint density at radius 3 is 2.47 bits per heavy atom. The van der Waals surface area contributed by atoms with Gasteiger partial charge in [0, 0.05) is 23.7 Å². The SMILES string of the molecule is COC(=O)[C@]12OC[C@]34[C@H]([C@@H](O)[C@@H]1O)[C@@]1(C)[C@H](O)C(=O)C=C(C)[C@H]1C[C@H]3OC(=O)[C@H](OC(C)=O)[C@@H]24. The number of carbonyl (C=O) groups excluding carboxylic acids is 4.